The number of para-hydroxylation sites is 1. The van der Waals surface area contributed by atoms with Crippen molar-refractivity contribution in [2.45, 2.75) is 30.8 Å². The molecule has 0 aliphatic carbocycles. The van der Waals surface area contributed by atoms with Crippen molar-refractivity contribution in [3.8, 4) is 0 Å². The average Bonchev–Trinajstić information content (AvgIpc) is 2.43. The summed E-state index contributed by atoms with van der Waals surface area (Å²) >= 11 is 0. The lowest BCUT2D eigenvalue weighted by molar-refractivity contribution is 0.0357. The second-order valence-electron chi connectivity index (χ2n) is 4.99. The Balaban J connectivity index is 2.84. The van der Waals surface area contributed by atoms with Gasteiger partial charge in [-0.3, -0.25) is 0 Å². The van der Waals surface area contributed by atoms with E-state index >= 15 is 0 Å². The fourth-order valence-electron chi connectivity index (χ4n) is 1.74. The van der Waals surface area contributed by atoms with Gasteiger partial charge in [0.05, 0.1) is 21.9 Å². The predicted octanol–water partition coefficient (Wildman–Crippen LogP) is 1.68. The van der Waals surface area contributed by atoms with Gasteiger partial charge >= 0.3 is 0 Å². The summed E-state index contributed by atoms with van der Waals surface area (Å²) in [6.45, 7) is 4.01. The summed E-state index contributed by atoms with van der Waals surface area (Å²) in [5.41, 5.74) is -0.439. The number of rotatable bonds is 8. The fourth-order valence-corrected chi connectivity index (χ4v) is 2.81. The molecule has 2 N–H and O–H groups in total. The molecule has 20 heavy (non-hydrogen) atoms. The first kappa shape index (κ1) is 16.9. The highest BCUT2D eigenvalue weighted by molar-refractivity contribution is 7.91. The lowest BCUT2D eigenvalue weighted by atomic mass is 10.0. The molecular formula is C14H23NO4S. The van der Waals surface area contributed by atoms with Crippen LogP contribution in [-0.2, 0) is 14.6 Å². The van der Waals surface area contributed by atoms with Gasteiger partial charge in [-0.25, -0.2) is 8.42 Å². The summed E-state index contributed by atoms with van der Waals surface area (Å²) in [6, 6.07) is 6.73. The first-order valence-corrected chi connectivity index (χ1v) is 8.24. The van der Waals surface area contributed by atoms with Crippen molar-refractivity contribution in [3.63, 3.8) is 0 Å². The average molecular weight is 301 g/mol. The molecule has 114 valence electrons. The Bertz CT molecular complexity index is 526. The number of benzene rings is 1. The molecule has 0 bridgehead atoms. The molecule has 1 aromatic rings. The molecule has 0 heterocycles. The Morgan fingerprint density at radius 3 is 2.60 bits per heavy atom. The van der Waals surface area contributed by atoms with Crippen LogP contribution in [-0.4, -0.2) is 45.1 Å². The van der Waals surface area contributed by atoms with Gasteiger partial charge in [0.25, 0.3) is 0 Å². The minimum absolute atomic E-state index is 0.0474. The standard InChI is InChI=1S/C14H23NO4S/c1-4-20(17,18)13-8-6-5-7-12(13)15-11-14(2,16)9-10-19-3/h5-8,15-16H,4,9-11H2,1-3H3. The number of hydrogen-bond donors (Lipinski definition) is 2. The third-order valence-electron chi connectivity index (χ3n) is 3.11. The zero-order valence-electron chi connectivity index (χ0n) is 12.2. The molecule has 1 atom stereocenters. The second kappa shape index (κ2) is 7.06. The minimum Gasteiger partial charge on any atom is -0.388 e. The summed E-state index contributed by atoms with van der Waals surface area (Å²) in [5.74, 6) is 0.0474. The van der Waals surface area contributed by atoms with Crippen LogP contribution in [0.2, 0.25) is 0 Å². The molecule has 0 saturated heterocycles. The predicted molar refractivity (Wildman–Crippen MR) is 79.8 cm³/mol. The monoisotopic (exact) mass is 301 g/mol. The van der Waals surface area contributed by atoms with E-state index in [0.29, 0.717) is 18.7 Å². The van der Waals surface area contributed by atoms with Crippen LogP contribution in [0.3, 0.4) is 0 Å². The normalized spacial score (nSPS) is 14.8. The maximum atomic E-state index is 12.0. The lowest BCUT2D eigenvalue weighted by Gasteiger charge is -2.24. The third-order valence-corrected chi connectivity index (χ3v) is 4.89. The van der Waals surface area contributed by atoms with E-state index in [1.165, 1.54) is 0 Å². The summed E-state index contributed by atoms with van der Waals surface area (Å²) in [6.07, 6.45) is 0.471. The van der Waals surface area contributed by atoms with Gasteiger partial charge < -0.3 is 15.2 Å². The van der Waals surface area contributed by atoms with Crippen LogP contribution < -0.4 is 5.32 Å². The van der Waals surface area contributed by atoms with E-state index < -0.39 is 15.4 Å². The van der Waals surface area contributed by atoms with Gasteiger partial charge in [0, 0.05) is 26.7 Å². The van der Waals surface area contributed by atoms with E-state index in [1.54, 1.807) is 45.2 Å². The zero-order valence-corrected chi connectivity index (χ0v) is 13.0. The van der Waals surface area contributed by atoms with Crippen molar-refractivity contribution < 1.29 is 18.3 Å². The zero-order chi connectivity index (χ0) is 15.2. The molecular weight excluding hydrogens is 278 g/mol. The van der Waals surface area contributed by atoms with Crippen LogP contribution in [0.4, 0.5) is 5.69 Å². The van der Waals surface area contributed by atoms with Gasteiger partial charge in [-0.2, -0.15) is 0 Å². The molecule has 0 aliphatic heterocycles. The fraction of sp³-hybridized carbons (Fsp3) is 0.571. The summed E-state index contributed by atoms with van der Waals surface area (Å²) < 4.78 is 28.9. The summed E-state index contributed by atoms with van der Waals surface area (Å²) in [7, 11) is -1.71. The first-order valence-electron chi connectivity index (χ1n) is 6.59. The van der Waals surface area contributed by atoms with E-state index in [4.69, 9.17) is 4.74 Å². The molecule has 0 radical (unpaired) electrons. The molecule has 1 unspecified atom stereocenters. The van der Waals surface area contributed by atoms with Crippen molar-refractivity contribution in [3.05, 3.63) is 24.3 Å². The number of nitrogens with one attached hydrogen (secondary N) is 1. The van der Waals surface area contributed by atoms with Gasteiger partial charge in [0.2, 0.25) is 0 Å². The SMILES string of the molecule is CCS(=O)(=O)c1ccccc1NCC(C)(O)CCOC. The highest BCUT2D eigenvalue weighted by Crippen LogP contribution is 2.23. The van der Waals surface area contributed by atoms with Gasteiger partial charge in [-0.15, -0.1) is 0 Å². The molecule has 0 amide bonds. The van der Waals surface area contributed by atoms with Crippen LogP contribution in [0.5, 0.6) is 0 Å². The first-order chi connectivity index (χ1) is 9.32. The van der Waals surface area contributed by atoms with Crippen molar-refractivity contribution in [2.24, 2.45) is 0 Å². The van der Waals surface area contributed by atoms with Crippen molar-refractivity contribution in [1.82, 2.24) is 0 Å². The summed E-state index contributed by atoms with van der Waals surface area (Å²) in [5, 5.41) is 13.2. The van der Waals surface area contributed by atoms with Crippen molar-refractivity contribution in [2.75, 3.05) is 31.3 Å². The largest absolute Gasteiger partial charge is 0.388 e. The van der Waals surface area contributed by atoms with E-state index in [2.05, 4.69) is 5.32 Å². The summed E-state index contributed by atoms with van der Waals surface area (Å²) in [4.78, 5) is 0.269. The Labute approximate surface area is 120 Å². The molecule has 5 nitrogen and oxygen atoms in total. The molecule has 0 saturated carbocycles. The Hall–Kier alpha value is -1.11. The molecule has 1 rings (SSSR count). The van der Waals surface area contributed by atoms with Crippen LogP contribution in [0.1, 0.15) is 20.3 Å². The highest BCUT2D eigenvalue weighted by Gasteiger charge is 2.22. The molecule has 0 aliphatic rings. The molecule has 0 spiro atoms. The lowest BCUT2D eigenvalue weighted by Crippen LogP contribution is -2.35. The molecule has 1 aromatic carbocycles. The van der Waals surface area contributed by atoms with E-state index in [9.17, 15) is 13.5 Å². The smallest absolute Gasteiger partial charge is 0.180 e. The van der Waals surface area contributed by atoms with E-state index in [0.717, 1.165) is 0 Å². The quantitative estimate of drug-likeness (QED) is 0.764. The number of ether oxygens (including phenoxy) is 1. The van der Waals surface area contributed by atoms with Gasteiger partial charge in [0.1, 0.15) is 0 Å². The van der Waals surface area contributed by atoms with Crippen molar-refractivity contribution >= 4 is 15.5 Å². The van der Waals surface area contributed by atoms with E-state index in [-0.39, 0.29) is 17.2 Å². The van der Waals surface area contributed by atoms with Crippen molar-refractivity contribution in [1.29, 1.82) is 0 Å². The van der Waals surface area contributed by atoms with Gasteiger partial charge in [0.15, 0.2) is 9.84 Å². The van der Waals surface area contributed by atoms with E-state index in [1.807, 2.05) is 0 Å². The van der Waals surface area contributed by atoms with Gasteiger partial charge in [-0.05, 0) is 19.1 Å². The number of anilines is 1. The topological polar surface area (TPSA) is 75.6 Å². The third kappa shape index (κ3) is 4.77. The van der Waals surface area contributed by atoms with Gasteiger partial charge in [-0.1, -0.05) is 19.1 Å². The second-order valence-corrected chi connectivity index (χ2v) is 7.24. The Morgan fingerprint density at radius 2 is 2.00 bits per heavy atom. The maximum absolute atomic E-state index is 12.0. The van der Waals surface area contributed by atoms with Crippen LogP contribution >= 0.6 is 0 Å². The Kier molecular flexibility index (Phi) is 5.98. The van der Waals surface area contributed by atoms with Crippen LogP contribution in [0.25, 0.3) is 0 Å². The van der Waals surface area contributed by atoms with Crippen LogP contribution in [0, 0.1) is 0 Å². The maximum Gasteiger partial charge on any atom is 0.180 e. The number of aliphatic hydroxyl groups is 1. The number of sulfone groups is 1. The number of methoxy groups -OCH3 is 1. The van der Waals surface area contributed by atoms with Crippen LogP contribution in [0.15, 0.2) is 29.2 Å². The Morgan fingerprint density at radius 1 is 1.35 bits per heavy atom. The molecule has 0 aromatic heterocycles. The number of hydrogen-bond acceptors (Lipinski definition) is 5. The molecule has 6 heteroatoms. The minimum atomic E-state index is -3.28. The highest BCUT2D eigenvalue weighted by atomic mass is 32.2. The molecule has 0 fully saturated rings.